The Hall–Kier alpha value is -2.59. The topological polar surface area (TPSA) is 57.8 Å². The van der Waals surface area contributed by atoms with Crippen LogP contribution in [-0.2, 0) is 0 Å². The van der Waals surface area contributed by atoms with E-state index in [2.05, 4.69) is 15.5 Å². The molecule has 2 aromatic carbocycles. The minimum absolute atomic E-state index is 0.244. The highest BCUT2D eigenvalue weighted by Gasteiger charge is 2.11. The molecule has 1 aromatic heterocycles. The third kappa shape index (κ3) is 3.12. The van der Waals surface area contributed by atoms with Crippen molar-refractivity contribution in [2.24, 2.45) is 0 Å². The van der Waals surface area contributed by atoms with E-state index in [1.807, 2.05) is 30.3 Å². The first kappa shape index (κ1) is 13.4. The van der Waals surface area contributed by atoms with Gasteiger partial charge in [0.15, 0.2) is 0 Å². The summed E-state index contributed by atoms with van der Waals surface area (Å²) in [5.74, 6) is -0.244. The number of hydrogen-bond acceptors (Lipinski definition) is 2. The molecule has 0 aliphatic carbocycles. The van der Waals surface area contributed by atoms with Gasteiger partial charge in [0.2, 0.25) is 0 Å². The third-order valence-electron chi connectivity index (χ3n) is 2.99. The molecule has 0 aliphatic rings. The Morgan fingerprint density at radius 1 is 1.05 bits per heavy atom. The van der Waals surface area contributed by atoms with Gasteiger partial charge >= 0.3 is 0 Å². The Labute approximate surface area is 126 Å². The van der Waals surface area contributed by atoms with Gasteiger partial charge in [-0.1, -0.05) is 41.9 Å². The average Bonchev–Trinajstić information content (AvgIpc) is 3.00. The van der Waals surface area contributed by atoms with Gasteiger partial charge in [-0.05, 0) is 30.3 Å². The number of amides is 1. The van der Waals surface area contributed by atoms with Gasteiger partial charge in [0.05, 0.1) is 5.69 Å². The molecule has 0 saturated carbocycles. The second-order valence-electron chi connectivity index (χ2n) is 4.49. The first-order chi connectivity index (χ1) is 10.2. The molecule has 21 heavy (non-hydrogen) atoms. The van der Waals surface area contributed by atoms with Crippen molar-refractivity contribution in [1.29, 1.82) is 0 Å². The summed E-state index contributed by atoms with van der Waals surface area (Å²) in [6.07, 6.45) is 0. The molecular weight excluding hydrogens is 286 g/mol. The number of carbonyl (C=O) groups is 1. The molecule has 5 heteroatoms. The lowest BCUT2D eigenvalue weighted by atomic mass is 10.1. The van der Waals surface area contributed by atoms with Crippen molar-refractivity contribution in [3.63, 3.8) is 0 Å². The maximum Gasteiger partial charge on any atom is 0.273 e. The second-order valence-corrected chi connectivity index (χ2v) is 4.93. The Bertz CT molecular complexity index is 751. The molecular formula is C16H12ClN3O. The maximum atomic E-state index is 12.1. The zero-order valence-electron chi connectivity index (χ0n) is 11.0. The second kappa shape index (κ2) is 5.81. The van der Waals surface area contributed by atoms with Crippen LogP contribution in [0.4, 0.5) is 5.69 Å². The van der Waals surface area contributed by atoms with Gasteiger partial charge in [0.1, 0.15) is 5.69 Å². The fraction of sp³-hybridized carbons (Fsp3) is 0. The van der Waals surface area contributed by atoms with Crippen LogP contribution in [0.1, 0.15) is 10.5 Å². The lowest BCUT2D eigenvalue weighted by Gasteiger charge is -2.02. The van der Waals surface area contributed by atoms with Crippen molar-refractivity contribution < 1.29 is 4.79 Å². The first-order valence-electron chi connectivity index (χ1n) is 6.40. The fourth-order valence-electron chi connectivity index (χ4n) is 1.93. The number of aromatic nitrogens is 2. The summed E-state index contributed by atoms with van der Waals surface area (Å²) in [5.41, 5.74) is 2.78. The molecule has 104 valence electrons. The molecule has 3 aromatic rings. The monoisotopic (exact) mass is 297 g/mol. The van der Waals surface area contributed by atoms with E-state index in [9.17, 15) is 4.79 Å². The lowest BCUT2D eigenvalue weighted by Crippen LogP contribution is -2.12. The van der Waals surface area contributed by atoms with Gasteiger partial charge in [-0.15, -0.1) is 0 Å². The van der Waals surface area contributed by atoms with Crippen LogP contribution in [0.15, 0.2) is 60.7 Å². The highest BCUT2D eigenvalue weighted by atomic mass is 35.5. The summed E-state index contributed by atoms with van der Waals surface area (Å²) in [6.45, 7) is 0. The summed E-state index contributed by atoms with van der Waals surface area (Å²) >= 11 is 5.81. The van der Waals surface area contributed by atoms with Crippen LogP contribution in [0.3, 0.4) is 0 Å². The quantitative estimate of drug-likeness (QED) is 0.768. The van der Waals surface area contributed by atoms with Gasteiger partial charge in [0, 0.05) is 16.3 Å². The van der Waals surface area contributed by atoms with Crippen LogP contribution < -0.4 is 5.32 Å². The Morgan fingerprint density at radius 2 is 1.76 bits per heavy atom. The zero-order valence-corrected chi connectivity index (χ0v) is 11.8. The van der Waals surface area contributed by atoms with E-state index in [0.717, 1.165) is 11.3 Å². The largest absolute Gasteiger partial charge is 0.321 e. The van der Waals surface area contributed by atoms with Crippen molar-refractivity contribution >= 4 is 23.2 Å². The molecule has 0 fully saturated rings. The number of carbonyl (C=O) groups excluding carboxylic acids is 1. The van der Waals surface area contributed by atoms with Gasteiger partial charge in [0.25, 0.3) is 5.91 Å². The van der Waals surface area contributed by atoms with Crippen LogP contribution in [0.2, 0.25) is 5.02 Å². The van der Waals surface area contributed by atoms with E-state index < -0.39 is 0 Å². The van der Waals surface area contributed by atoms with Crippen LogP contribution in [-0.4, -0.2) is 16.1 Å². The van der Waals surface area contributed by atoms with E-state index in [0.29, 0.717) is 16.4 Å². The summed E-state index contributed by atoms with van der Waals surface area (Å²) in [6, 6.07) is 18.3. The number of halogens is 1. The summed E-state index contributed by atoms with van der Waals surface area (Å²) in [5, 5.41) is 10.3. The van der Waals surface area contributed by atoms with Gasteiger partial charge < -0.3 is 5.32 Å². The van der Waals surface area contributed by atoms with Crippen LogP contribution in [0.5, 0.6) is 0 Å². The Kier molecular flexibility index (Phi) is 3.71. The van der Waals surface area contributed by atoms with E-state index in [1.165, 1.54) is 0 Å². The zero-order chi connectivity index (χ0) is 14.7. The van der Waals surface area contributed by atoms with Crippen molar-refractivity contribution in [3.05, 3.63) is 71.4 Å². The molecule has 0 unspecified atom stereocenters. The Morgan fingerprint density at radius 3 is 2.48 bits per heavy atom. The SMILES string of the molecule is O=C(Nc1ccc(Cl)cc1)c1cc(-c2ccccc2)n[nH]1. The molecule has 3 rings (SSSR count). The van der Waals surface area contributed by atoms with E-state index >= 15 is 0 Å². The average molecular weight is 298 g/mol. The number of rotatable bonds is 3. The van der Waals surface area contributed by atoms with Crippen molar-refractivity contribution in [3.8, 4) is 11.3 Å². The highest BCUT2D eigenvalue weighted by Crippen LogP contribution is 2.18. The van der Waals surface area contributed by atoms with Gasteiger partial charge in [-0.3, -0.25) is 9.89 Å². The normalized spacial score (nSPS) is 10.3. The molecule has 0 atom stereocenters. The third-order valence-corrected chi connectivity index (χ3v) is 3.25. The highest BCUT2D eigenvalue weighted by molar-refractivity contribution is 6.30. The van der Waals surface area contributed by atoms with Gasteiger partial charge in [-0.25, -0.2) is 0 Å². The van der Waals surface area contributed by atoms with E-state index in [4.69, 9.17) is 11.6 Å². The van der Waals surface area contributed by atoms with E-state index in [1.54, 1.807) is 30.3 Å². The van der Waals surface area contributed by atoms with Crippen LogP contribution >= 0.6 is 11.6 Å². The minimum atomic E-state index is -0.244. The number of nitrogens with one attached hydrogen (secondary N) is 2. The van der Waals surface area contributed by atoms with E-state index in [-0.39, 0.29) is 5.91 Å². The molecule has 2 N–H and O–H groups in total. The first-order valence-corrected chi connectivity index (χ1v) is 6.78. The number of nitrogens with zero attached hydrogens (tertiary/aromatic N) is 1. The smallest absolute Gasteiger partial charge is 0.273 e. The Balaban J connectivity index is 1.77. The van der Waals surface area contributed by atoms with Gasteiger partial charge in [-0.2, -0.15) is 5.10 Å². The molecule has 0 radical (unpaired) electrons. The number of hydrogen-bond donors (Lipinski definition) is 2. The molecule has 1 amide bonds. The number of benzene rings is 2. The fourth-order valence-corrected chi connectivity index (χ4v) is 2.05. The maximum absolute atomic E-state index is 12.1. The summed E-state index contributed by atoms with van der Waals surface area (Å²) in [4.78, 5) is 12.1. The molecule has 0 bridgehead atoms. The molecule has 1 heterocycles. The minimum Gasteiger partial charge on any atom is -0.321 e. The summed E-state index contributed by atoms with van der Waals surface area (Å²) < 4.78 is 0. The van der Waals surface area contributed by atoms with Crippen LogP contribution in [0, 0.1) is 0 Å². The number of anilines is 1. The molecule has 0 aliphatic heterocycles. The van der Waals surface area contributed by atoms with Crippen molar-refractivity contribution in [2.75, 3.05) is 5.32 Å². The standard InChI is InChI=1S/C16H12ClN3O/c17-12-6-8-13(9-7-12)18-16(21)15-10-14(19-20-15)11-4-2-1-3-5-11/h1-10H,(H,18,21)(H,19,20). The lowest BCUT2D eigenvalue weighted by molar-refractivity contribution is 0.102. The molecule has 4 nitrogen and oxygen atoms in total. The number of aromatic amines is 1. The summed E-state index contributed by atoms with van der Waals surface area (Å²) in [7, 11) is 0. The van der Waals surface area contributed by atoms with Crippen LogP contribution in [0.25, 0.3) is 11.3 Å². The predicted molar refractivity (Wildman–Crippen MR) is 83.4 cm³/mol. The van der Waals surface area contributed by atoms with Crippen molar-refractivity contribution in [2.45, 2.75) is 0 Å². The molecule has 0 spiro atoms. The molecule has 0 saturated heterocycles. The number of H-pyrrole nitrogens is 1. The van der Waals surface area contributed by atoms with Crippen molar-refractivity contribution in [1.82, 2.24) is 10.2 Å². The predicted octanol–water partition coefficient (Wildman–Crippen LogP) is 3.98.